The number of aromatic nitrogens is 3. The fourth-order valence-corrected chi connectivity index (χ4v) is 4.76. The fraction of sp³-hybridized carbons (Fsp3) is 0.462. The van der Waals surface area contributed by atoms with E-state index >= 15 is 0 Å². The molecule has 0 aliphatic carbocycles. The van der Waals surface area contributed by atoms with E-state index in [-0.39, 0.29) is 21.6 Å². The molecule has 1 N–H and O–H groups in total. The number of alkyl carbamates (subject to hydrolysis) is 1. The maximum Gasteiger partial charge on any atom is 0.407 e. The quantitative estimate of drug-likeness (QED) is 0.449. The van der Waals surface area contributed by atoms with Gasteiger partial charge in [-0.15, -0.1) is 5.10 Å². The molecule has 1 aliphatic heterocycles. The lowest BCUT2D eigenvalue weighted by molar-refractivity contribution is 0.00799. The van der Waals surface area contributed by atoms with Crippen LogP contribution in [0.3, 0.4) is 0 Å². The second-order valence-corrected chi connectivity index (χ2v) is 11.1. The number of alkyl halides is 2. The molecule has 0 spiro atoms. The molecule has 3 heterocycles. The molecule has 11 heteroatoms. The Morgan fingerprint density at radius 1 is 1.27 bits per heavy atom. The van der Waals surface area contributed by atoms with Crippen LogP contribution < -0.4 is 10.2 Å². The number of nitrogens with one attached hydrogen (secondary N) is 1. The maximum absolute atomic E-state index is 14.3. The summed E-state index contributed by atoms with van der Waals surface area (Å²) >= 11 is 6.77. The molecule has 1 saturated heterocycles. The van der Waals surface area contributed by atoms with Crippen LogP contribution >= 0.6 is 11.6 Å². The van der Waals surface area contributed by atoms with E-state index in [2.05, 4.69) is 15.4 Å². The number of hydrogen-bond donors (Lipinski definition) is 1. The fourth-order valence-electron chi connectivity index (χ4n) is 4.44. The van der Waals surface area contributed by atoms with Crippen LogP contribution in [0.25, 0.3) is 16.8 Å². The average molecular weight is 531 g/mol. The minimum atomic E-state index is -3.31. The van der Waals surface area contributed by atoms with Crippen LogP contribution in [0.1, 0.15) is 52.4 Å². The third kappa shape index (κ3) is 5.47. The largest absolute Gasteiger partial charge is 0.444 e. The first-order valence-corrected chi connectivity index (χ1v) is 12.3. The Balaban J connectivity index is 1.80. The third-order valence-corrected chi connectivity index (χ3v) is 6.55. The molecule has 1 amide bonds. The van der Waals surface area contributed by atoms with Crippen LogP contribution in [0.4, 0.5) is 19.4 Å². The summed E-state index contributed by atoms with van der Waals surface area (Å²) in [6, 6.07) is 11.2. The highest BCUT2D eigenvalue weighted by atomic mass is 35.5. The Morgan fingerprint density at radius 2 is 1.95 bits per heavy atom. The van der Waals surface area contributed by atoms with Crippen LogP contribution in [0, 0.1) is 16.7 Å². The van der Waals surface area contributed by atoms with Gasteiger partial charge in [-0.05, 0) is 32.8 Å². The maximum atomic E-state index is 14.3. The highest BCUT2D eigenvalue weighted by molar-refractivity contribution is 6.35. The first kappa shape index (κ1) is 26.6. The number of rotatable bonds is 5. The summed E-state index contributed by atoms with van der Waals surface area (Å²) in [4.78, 5) is 18.2. The molecule has 0 saturated carbocycles. The van der Waals surface area contributed by atoms with Crippen molar-refractivity contribution in [2.75, 3.05) is 24.5 Å². The minimum Gasteiger partial charge on any atom is -0.444 e. The predicted octanol–water partition coefficient (Wildman–Crippen LogP) is 5.77. The van der Waals surface area contributed by atoms with Gasteiger partial charge in [0.25, 0.3) is 0 Å². The van der Waals surface area contributed by atoms with Gasteiger partial charge in [-0.25, -0.2) is 9.78 Å². The summed E-state index contributed by atoms with van der Waals surface area (Å²) in [7, 11) is 0. The van der Waals surface area contributed by atoms with Crippen molar-refractivity contribution >= 4 is 29.2 Å². The second-order valence-electron chi connectivity index (χ2n) is 10.8. The smallest absolute Gasteiger partial charge is 0.407 e. The molecular weight excluding hydrogens is 502 g/mol. The Kier molecular flexibility index (Phi) is 6.80. The summed E-state index contributed by atoms with van der Waals surface area (Å²) in [5, 5.41) is 17.0. The van der Waals surface area contributed by atoms with Crippen molar-refractivity contribution in [1.82, 2.24) is 19.9 Å². The summed E-state index contributed by atoms with van der Waals surface area (Å²) in [5.74, 6) is -3.54. The number of hydrogen-bond acceptors (Lipinski definition) is 6. The third-order valence-electron chi connectivity index (χ3n) is 6.18. The van der Waals surface area contributed by atoms with Crippen LogP contribution in [-0.4, -0.2) is 45.9 Å². The molecular formula is C26H29ClF2N6O2. The van der Waals surface area contributed by atoms with E-state index in [1.54, 1.807) is 20.8 Å². The summed E-state index contributed by atoms with van der Waals surface area (Å²) in [6.07, 6.45) is 0.189. The molecule has 2 aromatic heterocycles. The van der Waals surface area contributed by atoms with Crippen LogP contribution in [0.5, 0.6) is 0 Å². The molecule has 3 aromatic rings. The van der Waals surface area contributed by atoms with E-state index < -0.39 is 23.4 Å². The lowest BCUT2D eigenvalue weighted by Crippen LogP contribution is -2.40. The Morgan fingerprint density at radius 3 is 2.54 bits per heavy atom. The van der Waals surface area contributed by atoms with Crippen molar-refractivity contribution in [3.8, 4) is 17.2 Å². The van der Waals surface area contributed by atoms with Gasteiger partial charge in [0.2, 0.25) is 5.82 Å². The molecule has 8 nitrogen and oxygen atoms in total. The summed E-state index contributed by atoms with van der Waals surface area (Å²) < 4.78 is 35.2. The molecule has 37 heavy (non-hydrogen) atoms. The SMILES string of the molecule is CC(C)(C)OC(=O)NC[C@]1(C)CCN(c2c(-c3ccccc3)c(Cl)c(C#N)c3nc(C(C)(F)F)nn23)C1. The molecule has 1 aliphatic rings. The second kappa shape index (κ2) is 9.45. The van der Waals surface area contributed by atoms with Gasteiger partial charge in [-0.1, -0.05) is 48.9 Å². The molecule has 0 radical (unpaired) electrons. The van der Waals surface area contributed by atoms with Gasteiger partial charge < -0.3 is 15.0 Å². The lowest BCUT2D eigenvalue weighted by atomic mass is 9.90. The Bertz CT molecular complexity index is 1370. The number of carbonyl (C=O) groups is 1. The van der Waals surface area contributed by atoms with Gasteiger partial charge in [0, 0.05) is 37.5 Å². The number of amides is 1. The molecule has 4 rings (SSSR count). The summed E-state index contributed by atoms with van der Waals surface area (Å²) in [6.45, 7) is 9.49. The van der Waals surface area contributed by atoms with Crippen molar-refractivity contribution in [1.29, 1.82) is 5.26 Å². The molecule has 0 bridgehead atoms. The number of fused-ring (bicyclic) bond motifs is 1. The number of halogens is 3. The first-order valence-electron chi connectivity index (χ1n) is 11.9. The van der Waals surface area contributed by atoms with Crippen molar-refractivity contribution in [3.63, 3.8) is 0 Å². The molecule has 196 valence electrons. The Labute approximate surface area is 219 Å². The normalized spacial score (nSPS) is 18.2. The van der Waals surface area contributed by atoms with Gasteiger partial charge in [-0.3, -0.25) is 0 Å². The highest BCUT2D eigenvalue weighted by Gasteiger charge is 2.39. The lowest BCUT2D eigenvalue weighted by Gasteiger charge is -2.28. The van der Waals surface area contributed by atoms with Gasteiger partial charge in [0.1, 0.15) is 23.1 Å². The Hall–Kier alpha value is -3.45. The molecule has 1 aromatic carbocycles. The standard InChI is InChI=1S/C26H29ClF2N6O2/c1-24(2,3)37-23(36)31-14-25(4)11-12-34(15-25)21-18(16-9-7-6-8-10-16)19(27)17(13-30)20-32-22(26(5,28)29)33-35(20)21/h6-10H,11-12,14-15H2,1-5H3,(H,31,36)/t25-/m0/s1. The number of ether oxygens (including phenoxy) is 1. The van der Waals surface area contributed by atoms with Gasteiger partial charge >= 0.3 is 12.0 Å². The number of carbonyl (C=O) groups excluding carboxylic acids is 1. The first-order chi connectivity index (χ1) is 17.2. The number of pyridine rings is 1. The van der Waals surface area contributed by atoms with E-state index in [4.69, 9.17) is 16.3 Å². The van der Waals surface area contributed by atoms with Crippen LogP contribution in [0.15, 0.2) is 30.3 Å². The number of anilines is 1. The summed E-state index contributed by atoms with van der Waals surface area (Å²) in [5.41, 5.74) is 0.192. The minimum absolute atomic E-state index is 0.0270. The van der Waals surface area contributed by atoms with E-state index in [1.165, 1.54) is 4.52 Å². The van der Waals surface area contributed by atoms with Crippen molar-refractivity contribution < 1.29 is 18.3 Å². The van der Waals surface area contributed by atoms with Gasteiger partial charge in [0.15, 0.2) is 5.65 Å². The van der Waals surface area contributed by atoms with E-state index in [0.29, 0.717) is 49.9 Å². The molecule has 0 unspecified atom stereocenters. The molecule has 1 atom stereocenters. The van der Waals surface area contributed by atoms with Crippen LogP contribution in [-0.2, 0) is 10.7 Å². The number of nitrogens with zero attached hydrogens (tertiary/aromatic N) is 5. The zero-order valence-corrected chi connectivity index (χ0v) is 22.2. The topological polar surface area (TPSA) is 95.5 Å². The molecule has 1 fully saturated rings. The van der Waals surface area contributed by atoms with Crippen LogP contribution in [0.2, 0.25) is 5.02 Å². The highest BCUT2D eigenvalue weighted by Crippen LogP contribution is 2.44. The van der Waals surface area contributed by atoms with E-state index in [9.17, 15) is 18.8 Å². The van der Waals surface area contributed by atoms with E-state index in [0.717, 1.165) is 0 Å². The van der Waals surface area contributed by atoms with Gasteiger partial charge in [0.05, 0.1) is 5.02 Å². The van der Waals surface area contributed by atoms with Crippen molar-refractivity contribution in [2.45, 2.75) is 52.6 Å². The number of nitriles is 1. The average Bonchev–Trinajstić information content (AvgIpc) is 3.41. The zero-order chi connectivity index (χ0) is 27.2. The van der Waals surface area contributed by atoms with Crippen molar-refractivity contribution in [2.24, 2.45) is 5.41 Å². The predicted molar refractivity (Wildman–Crippen MR) is 137 cm³/mol. The number of benzene rings is 1. The zero-order valence-electron chi connectivity index (χ0n) is 21.4. The van der Waals surface area contributed by atoms with E-state index in [1.807, 2.05) is 48.2 Å². The van der Waals surface area contributed by atoms with Gasteiger partial charge in [-0.2, -0.15) is 18.6 Å². The monoisotopic (exact) mass is 530 g/mol. The van der Waals surface area contributed by atoms with Crippen molar-refractivity contribution in [3.05, 3.63) is 46.7 Å².